The number of carbonyl (C=O) groups is 2. The van der Waals surface area contributed by atoms with E-state index in [-0.39, 0.29) is 36.3 Å². The Bertz CT molecular complexity index is 305. The topological polar surface area (TPSA) is 69.6 Å². The highest BCUT2D eigenvalue weighted by Crippen LogP contribution is 2.21. The largest absolute Gasteiger partial charge is 0.396 e. The molecule has 2 N–H and O–H groups in total. The lowest BCUT2D eigenvalue weighted by Gasteiger charge is -2.38. The number of piperidine rings is 1. The Morgan fingerprint density at radius 3 is 2.56 bits per heavy atom. The normalized spacial score (nSPS) is 24.2. The Kier molecular flexibility index (Phi) is 5.59. The lowest BCUT2D eigenvalue weighted by atomic mass is 9.91. The second kappa shape index (κ2) is 6.73. The van der Waals surface area contributed by atoms with Gasteiger partial charge in [0.25, 0.3) is 0 Å². The second-order valence-corrected chi connectivity index (χ2v) is 5.41. The zero-order chi connectivity index (χ0) is 13.7. The van der Waals surface area contributed by atoms with Crippen molar-refractivity contribution in [3.05, 3.63) is 0 Å². The first-order valence-corrected chi connectivity index (χ1v) is 6.60. The molecule has 18 heavy (non-hydrogen) atoms. The van der Waals surface area contributed by atoms with E-state index in [9.17, 15) is 9.59 Å². The van der Waals surface area contributed by atoms with Crippen LogP contribution in [0, 0.1) is 11.8 Å². The lowest BCUT2D eigenvalue weighted by Crippen LogP contribution is -2.53. The molecule has 5 nitrogen and oxygen atoms in total. The van der Waals surface area contributed by atoms with Gasteiger partial charge in [-0.25, -0.2) is 0 Å². The zero-order valence-corrected chi connectivity index (χ0v) is 11.5. The maximum atomic E-state index is 12.0. The molecular weight excluding hydrogens is 232 g/mol. The highest BCUT2D eigenvalue weighted by molar-refractivity contribution is 5.78. The fourth-order valence-corrected chi connectivity index (χ4v) is 2.53. The monoisotopic (exact) mass is 256 g/mol. The van der Waals surface area contributed by atoms with E-state index < -0.39 is 0 Å². The number of aliphatic hydroxyl groups excluding tert-OH is 1. The van der Waals surface area contributed by atoms with Crippen molar-refractivity contribution in [2.75, 3.05) is 19.7 Å². The molecule has 0 aliphatic carbocycles. The van der Waals surface area contributed by atoms with Gasteiger partial charge in [-0.05, 0) is 18.8 Å². The van der Waals surface area contributed by atoms with Gasteiger partial charge in [0, 0.05) is 38.6 Å². The molecule has 0 aromatic rings. The Morgan fingerprint density at radius 1 is 1.39 bits per heavy atom. The van der Waals surface area contributed by atoms with E-state index in [0.29, 0.717) is 19.5 Å². The molecule has 0 bridgehead atoms. The van der Waals surface area contributed by atoms with Crippen molar-refractivity contribution in [3.8, 4) is 0 Å². The maximum absolute atomic E-state index is 12.0. The number of likely N-dealkylation sites (tertiary alicyclic amines) is 1. The molecule has 1 rings (SSSR count). The minimum atomic E-state index is -0.0680. The molecular formula is C13H24N2O3. The van der Waals surface area contributed by atoms with Crippen molar-refractivity contribution < 1.29 is 14.7 Å². The third-order valence-electron chi connectivity index (χ3n) is 3.29. The number of aliphatic hydroxyl groups is 1. The predicted octanol–water partition coefficient (Wildman–Crippen LogP) is 0.378. The average molecular weight is 256 g/mol. The summed E-state index contributed by atoms with van der Waals surface area (Å²) in [4.78, 5) is 25.0. The summed E-state index contributed by atoms with van der Waals surface area (Å²) in [5, 5.41) is 11.9. The van der Waals surface area contributed by atoms with E-state index in [1.165, 1.54) is 6.92 Å². The Labute approximate surface area is 109 Å². The number of hydrogen-bond acceptors (Lipinski definition) is 3. The maximum Gasteiger partial charge on any atom is 0.225 e. The van der Waals surface area contributed by atoms with E-state index in [1.54, 1.807) is 0 Å². The molecule has 2 unspecified atom stereocenters. The van der Waals surface area contributed by atoms with Crippen LogP contribution < -0.4 is 5.32 Å². The molecule has 1 saturated heterocycles. The average Bonchev–Trinajstić information content (AvgIpc) is 2.27. The van der Waals surface area contributed by atoms with Crippen LogP contribution in [0.25, 0.3) is 0 Å². The Morgan fingerprint density at radius 2 is 2.06 bits per heavy atom. The SMILES string of the molecule is CC(=O)NC1CC(CCO)CN(C(=O)C(C)C)C1. The molecule has 0 aromatic heterocycles. The van der Waals surface area contributed by atoms with Gasteiger partial charge in [0.15, 0.2) is 0 Å². The van der Waals surface area contributed by atoms with Gasteiger partial charge in [-0.15, -0.1) is 0 Å². The zero-order valence-electron chi connectivity index (χ0n) is 11.5. The van der Waals surface area contributed by atoms with E-state index in [2.05, 4.69) is 5.32 Å². The van der Waals surface area contributed by atoms with Gasteiger partial charge in [-0.1, -0.05) is 13.8 Å². The number of rotatable bonds is 4. The summed E-state index contributed by atoms with van der Waals surface area (Å²) in [6.45, 7) is 6.65. The number of amides is 2. The van der Waals surface area contributed by atoms with E-state index in [1.807, 2.05) is 18.7 Å². The summed E-state index contributed by atoms with van der Waals surface area (Å²) in [5.74, 6) is 0.286. The molecule has 0 aromatic carbocycles. The van der Waals surface area contributed by atoms with Crippen LogP contribution in [0.5, 0.6) is 0 Å². The van der Waals surface area contributed by atoms with Gasteiger partial charge >= 0.3 is 0 Å². The molecule has 0 radical (unpaired) electrons. The molecule has 1 aliphatic rings. The van der Waals surface area contributed by atoms with E-state index in [4.69, 9.17) is 5.11 Å². The second-order valence-electron chi connectivity index (χ2n) is 5.41. The summed E-state index contributed by atoms with van der Waals surface area (Å²) in [7, 11) is 0. The molecule has 0 saturated carbocycles. The molecule has 1 fully saturated rings. The Balaban J connectivity index is 2.67. The number of carbonyl (C=O) groups excluding carboxylic acids is 2. The van der Waals surface area contributed by atoms with Crippen LogP contribution in [-0.2, 0) is 9.59 Å². The van der Waals surface area contributed by atoms with Crippen LogP contribution in [0.15, 0.2) is 0 Å². The molecule has 1 heterocycles. The highest BCUT2D eigenvalue weighted by Gasteiger charge is 2.30. The van der Waals surface area contributed by atoms with Crippen LogP contribution in [-0.4, -0.2) is 47.6 Å². The van der Waals surface area contributed by atoms with Gasteiger partial charge < -0.3 is 15.3 Å². The third-order valence-corrected chi connectivity index (χ3v) is 3.29. The number of nitrogens with zero attached hydrogens (tertiary/aromatic N) is 1. The summed E-state index contributed by atoms with van der Waals surface area (Å²) in [6, 6.07) is 0.00972. The van der Waals surface area contributed by atoms with Crippen LogP contribution in [0.4, 0.5) is 0 Å². The highest BCUT2D eigenvalue weighted by atomic mass is 16.3. The van der Waals surface area contributed by atoms with Crippen molar-refractivity contribution in [1.29, 1.82) is 0 Å². The smallest absolute Gasteiger partial charge is 0.225 e. The lowest BCUT2D eigenvalue weighted by molar-refractivity contribution is -0.137. The molecule has 5 heteroatoms. The first-order valence-electron chi connectivity index (χ1n) is 6.60. The van der Waals surface area contributed by atoms with Crippen molar-refractivity contribution in [3.63, 3.8) is 0 Å². The molecule has 2 amide bonds. The molecule has 0 spiro atoms. The quantitative estimate of drug-likeness (QED) is 0.764. The van der Waals surface area contributed by atoms with Gasteiger partial charge in [0.05, 0.1) is 0 Å². The van der Waals surface area contributed by atoms with Crippen molar-refractivity contribution >= 4 is 11.8 Å². The van der Waals surface area contributed by atoms with Crippen LogP contribution >= 0.6 is 0 Å². The third kappa shape index (κ3) is 4.29. The van der Waals surface area contributed by atoms with E-state index >= 15 is 0 Å². The van der Waals surface area contributed by atoms with Gasteiger partial charge in [-0.3, -0.25) is 9.59 Å². The van der Waals surface area contributed by atoms with Crippen molar-refractivity contribution in [2.24, 2.45) is 11.8 Å². The predicted molar refractivity (Wildman–Crippen MR) is 68.8 cm³/mol. The van der Waals surface area contributed by atoms with Gasteiger partial charge in [0.1, 0.15) is 0 Å². The standard InChI is InChI=1S/C13H24N2O3/c1-9(2)13(18)15-7-11(4-5-16)6-12(8-15)14-10(3)17/h9,11-12,16H,4-8H2,1-3H3,(H,14,17). The summed E-state index contributed by atoms with van der Waals surface area (Å²) < 4.78 is 0. The minimum absolute atomic E-state index is 0.00972. The van der Waals surface area contributed by atoms with E-state index in [0.717, 1.165) is 6.42 Å². The molecule has 2 atom stereocenters. The fraction of sp³-hybridized carbons (Fsp3) is 0.846. The first-order chi connectivity index (χ1) is 8.43. The number of nitrogens with one attached hydrogen (secondary N) is 1. The van der Waals surface area contributed by atoms with Gasteiger partial charge in [0.2, 0.25) is 11.8 Å². The fourth-order valence-electron chi connectivity index (χ4n) is 2.53. The van der Waals surface area contributed by atoms with Crippen molar-refractivity contribution in [2.45, 2.75) is 39.7 Å². The first kappa shape index (κ1) is 15.0. The molecule has 1 aliphatic heterocycles. The Hall–Kier alpha value is -1.10. The molecule has 104 valence electrons. The minimum Gasteiger partial charge on any atom is -0.396 e. The summed E-state index contributed by atoms with van der Waals surface area (Å²) in [6.07, 6.45) is 1.51. The van der Waals surface area contributed by atoms with Crippen LogP contribution in [0.3, 0.4) is 0 Å². The van der Waals surface area contributed by atoms with Crippen molar-refractivity contribution in [1.82, 2.24) is 10.2 Å². The van der Waals surface area contributed by atoms with Crippen LogP contribution in [0.1, 0.15) is 33.6 Å². The summed E-state index contributed by atoms with van der Waals surface area (Å²) in [5.41, 5.74) is 0. The number of hydrogen-bond donors (Lipinski definition) is 2. The van der Waals surface area contributed by atoms with Crippen LogP contribution in [0.2, 0.25) is 0 Å². The van der Waals surface area contributed by atoms with Gasteiger partial charge in [-0.2, -0.15) is 0 Å². The summed E-state index contributed by atoms with van der Waals surface area (Å²) >= 11 is 0.